The quantitative estimate of drug-likeness (QED) is 0.781. The molecule has 0 bridgehead atoms. The summed E-state index contributed by atoms with van der Waals surface area (Å²) < 4.78 is 0. The van der Waals surface area contributed by atoms with Crippen molar-refractivity contribution in [2.45, 2.75) is 19.9 Å². The summed E-state index contributed by atoms with van der Waals surface area (Å²) in [4.78, 5) is 13.3. The van der Waals surface area contributed by atoms with Gasteiger partial charge >= 0.3 is 0 Å². The summed E-state index contributed by atoms with van der Waals surface area (Å²) in [7, 11) is 0. The van der Waals surface area contributed by atoms with E-state index in [2.05, 4.69) is 0 Å². The van der Waals surface area contributed by atoms with Crippen LogP contribution in [0, 0.1) is 0 Å². The van der Waals surface area contributed by atoms with Crippen molar-refractivity contribution >= 4 is 11.6 Å². The van der Waals surface area contributed by atoms with Gasteiger partial charge in [0.2, 0.25) is 5.91 Å². The largest absolute Gasteiger partial charge is 0.508 e. The van der Waals surface area contributed by atoms with Gasteiger partial charge in [-0.1, -0.05) is 6.07 Å². The summed E-state index contributed by atoms with van der Waals surface area (Å²) in [5.41, 5.74) is 6.20. The van der Waals surface area contributed by atoms with Gasteiger partial charge in [-0.25, -0.2) is 0 Å². The number of carbonyl (C=O) groups is 1. The van der Waals surface area contributed by atoms with Crippen LogP contribution in [0.3, 0.4) is 0 Å². The number of hydrogen-bond donors (Lipinski definition) is 2. The molecule has 1 aromatic rings. The number of phenols is 1. The van der Waals surface area contributed by atoms with Crippen LogP contribution in [-0.4, -0.2) is 23.6 Å². The van der Waals surface area contributed by atoms with Crippen LogP contribution in [0.2, 0.25) is 0 Å². The second kappa shape index (κ2) is 4.79. The van der Waals surface area contributed by atoms with Gasteiger partial charge in [0.15, 0.2) is 0 Å². The highest BCUT2D eigenvalue weighted by Gasteiger charge is 2.17. The third-order valence-corrected chi connectivity index (χ3v) is 2.11. The summed E-state index contributed by atoms with van der Waals surface area (Å²) in [6, 6.07) is 6.04. The zero-order valence-electron chi connectivity index (χ0n) is 8.97. The number of anilines is 1. The average Bonchev–Trinajstić information content (AvgIpc) is 2.18. The Balaban J connectivity index is 2.97. The van der Waals surface area contributed by atoms with E-state index in [0.717, 1.165) is 0 Å². The average molecular weight is 208 g/mol. The molecule has 0 unspecified atom stereocenters. The molecule has 0 heterocycles. The van der Waals surface area contributed by atoms with Gasteiger partial charge in [0.05, 0.1) is 6.04 Å². The Hall–Kier alpha value is -1.55. The molecular weight excluding hydrogens is 192 g/mol. The van der Waals surface area contributed by atoms with E-state index in [9.17, 15) is 9.90 Å². The van der Waals surface area contributed by atoms with E-state index < -0.39 is 6.04 Å². The second-order valence-electron chi connectivity index (χ2n) is 3.39. The van der Waals surface area contributed by atoms with E-state index in [-0.39, 0.29) is 11.7 Å². The number of nitrogens with zero attached hydrogens (tertiary/aromatic N) is 1. The number of benzene rings is 1. The maximum absolute atomic E-state index is 11.7. The highest BCUT2D eigenvalue weighted by Crippen LogP contribution is 2.20. The molecule has 0 aliphatic carbocycles. The summed E-state index contributed by atoms with van der Waals surface area (Å²) in [5.74, 6) is -0.00785. The minimum absolute atomic E-state index is 0.142. The van der Waals surface area contributed by atoms with Crippen LogP contribution in [-0.2, 0) is 4.79 Å². The molecule has 4 heteroatoms. The maximum Gasteiger partial charge on any atom is 0.243 e. The summed E-state index contributed by atoms with van der Waals surface area (Å²) in [6.45, 7) is 4.04. The molecule has 0 aromatic heterocycles. The molecular formula is C11H16N2O2. The number of carbonyl (C=O) groups excluding carboxylic acids is 1. The number of hydrogen-bond acceptors (Lipinski definition) is 3. The molecule has 0 radical (unpaired) electrons. The summed E-state index contributed by atoms with van der Waals surface area (Å²) in [5, 5.41) is 9.31. The number of likely N-dealkylation sites (N-methyl/N-ethyl adjacent to an activating group) is 1. The van der Waals surface area contributed by atoms with E-state index in [1.807, 2.05) is 6.92 Å². The van der Waals surface area contributed by atoms with Crippen LogP contribution < -0.4 is 10.6 Å². The fraction of sp³-hybridized carbons (Fsp3) is 0.364. The molecule has 0 saturated carbocycles. The van der Waals surface area contributed by atoms with Crippen molar-refractivity contribution < 1.29 is 9.90 Å². The molecule has 0 aliphatic heterocycles. The van der Waals surface area contributed by atoms with Gasteiger partial charge in [0.1, 0.15) is 5.75 Å². The van der Waals surface area contributed by atoms with Gasteiger partial charge in [-0.15, -0.1) is 0 Å². The molecule has 0 saturated heterocycles. The van der Waals surface area contributed by atoms with Gasteiger partial charge in [-0.3, -0.25) is 4.79 Å². The van der Waals surface area contributed by atoms with Gasteiger partial charge < -0.3 is 15.7 Å². The Morgan fingerprint density at radius 3 is 2.73 bits per heavy atom. The van der Waals surface area contributed by atoms with Crippen molar-refractivity contribution in [2.24, 2.45) is 5.73 Å². The SMILES string of the molecule is CCN(C(=O)[C@H](C)N)c1cccc(O)c1. The maximum atomic E-state index is 11.7. The molecule has 4 nitrogen and oxygen atoms in total. The third kappa shape index (κ3) is 2.70. The lowest BCUT2D eigenvalue weighted by atomic mass is 10.2. The number of rotatable bonds is 3. The number of aromatic hydroxyl groups is 1. The third-order valence-electron chi connectivity index (χ3n) is 2.11. The zero-order chi connectivity index (χ0) is 11.4. The Morgan fingerprint density at radius 2 is 2.27 bits per heavy atom. The molecule has 0 spiro atoms. The fourth-order valence-corrected chi connectivity index (χ4v) is 1.37. The lowest BCUT2D eigenvalue weighted by Crippen LogP contribution is -2.42. The molecule has 1 aromatic carbocycles. The minimum Gasteiger partial charge on any atom is -0.508 e. The second-order valence-corrected chi connectivity index (χ2v) is 3.39. The highest BCUT2D eigenvalue weighted by molar-refractivity contribution is 5.96. The van der Waals surface area contributed by atoms with Crippen molar-refractivity contribution in [3.63, 3.8) is 0 Å². The number of phenolic OH excluding ortho intramolecular Hbond substituents is 1. The van der Waals surface area contributed by atoms with Crippen molar-refractivity contribution in [3.05, 3.63) is 24.3 Å². The first-order valence-electron chi connectivity index (χ1n) is 4.92. The van der Waals surface area contributed by atoms with E-state index in [1.54, 1.807) is 36.1 Å². The normalized spacial score (nSPS) is 12.2. The molecule has 0 aliphatic rings. The van der Waals surface area contributed by atoms with Crippen molar-refractivity contribution in [3.8, 4) is 5.75 Å². The topological polar surface area (TPSA) is 66.6 Å². The summed E-state index contributed by atoms with van der Waals surface area (Å²) in [6.07, 6.45) is 0. The standard InChI is InChI=1S/C11H16N2O2/c1-3-13(11(15)8(2)12)9-5-4-6-10(14)7-9/h4-8,14H,3,12H2,1-2H3/t8-/m0/s1. The first-order valence-corrected chi connectivity index (χ1v) is 4.92. The van der Waals surface area contributed by atoms with Gasteiger partial charge in [-0.05, 0) is 26.0 Å². The predicted molar refractivity (Wildman–Crippen MR) is 59.8 cm³/mol. The fourth-order valence-electron chi connectivity index (χ4n) is 1.37. The first-order chi connectivity index (χ1) is 7.06. The van der Waals surface area contributed by atoms with E-state index in [1.165, 1.54) is 0 Å². The zero-order valence-corrected chi connectivity index (χ0v) is 8.97. The van der Waals surface area contributed by atoms with E-state index in [0.29, 0.717) is 12.2 Å². The van der Waals surface area contributed by atoms with Crippen LogP contribution >= 0.6 is 0 Å². The lowest BCUT2D eigenvalue weighted by molar-refractivity contribution is -0.119. The highest BCUT2D eigenvalue weighted by atomic mass is 16.3. The van der Waals surface area contributed by atoms with Crippen molar-refractivity contribution in [2.75, 3.05) is 11.4 Å². The van der Waals surface area contributed by atoms with Gasteiger partial charge in [0, 0.05) is 18.3 Å². The van der Waals surface area contributed by atoms with E-state index in [4.69, 9.17) is 5.73 Å². The molecule has 1 atom stereocenters. The minimum atomic E-state index is -0.535. The molecule has 1 amide bonds. The monoisotopic (exact) mass is 208 g/mol. The van der Waals surface area contributed by atoms with Gasteiger partial charge in [-0.2, -0.15) is 0 Å². The molecule has 0 fully saturated rings. The molecule has 15 heavy (non-hydrogen) atoms. The van der Waals surface area contributed by atoms with Crippen molar-refractivity contribution in [1.29, 1.82) is 0 Å². The van der Waals surface area contributed by atoms with Crippen LogP contribution in [0.5, 0.6) is 5.75 Å². The Bertz CT molecular complexity index is 350. The van der Waals surface area contributed by atoms with E-state index >= 15 is 0 Å². The Kier molecular flexibility index (Phi) is 3.68. The van der Waals surface area contributed by atoms with Crippen LogP contribution in [0.4, 0.5) is 5.69 Å². The smallest absolute Gasteiger partial charge is 0.243 e. The van der Waals surface area contributed by atoms with Crippen molar-refractivity contribution in [1.82, 2.24) is 0 Å². The van der Waals surface area contributed by atoms with Crippen LogP contribution in [0.1, 0.15) is 13.8 Å². The molecule has 1 rings (SSSR count). The Morgan fingerprint density at radius 1 is 1.60 bits per heavy atom. The molecule has 3 N–H and O–H groups in total. The number of amides is 1. The first kappa shape index (κ1) is 11.5. The summed E-state index contributed by atoms with van der Waals surface area (Å²) >= 11 is 0. The molecule has 82 valence electrons. The Labute approximate surface area is 89.3 Å². The lowest BCUT2D eigenvalue weighted by Gasteiger charge is -2.22. The number of nitrogens with two attached hydrogens (primary N) is 1. The van der Waals surface area contributed by atoms with Crippen LogP contribution in [0.25, 0.3) is 0 Å². The van der Waals surface area contributed by atoms with Crippen LogP contribution in [0.15, 0.2) is 24.3 Å². The predicted octanol–water partition coefficient (Wildman–Crippen LogP) is 1.09. The van der Waals surface area contributed by atoms with Gasteiger partial charge in [0.25, 0.3) is 0 Å².